The number of nitrogens with zero attached hydrogens (tertiary/aromatic N) is 3. The SMILES string of the molecule is S=c1ncc2c([nH]1)CN(Cc1ncc[nH]1)CC2. The monoisotopic (exact) mass is 247 g/mol. The van der Waals surface area contributed by atoms with Gasteiger partial charge in [0.1, 0.15) is 5.82 Å². The molecule has 0 aromatic carbocycles. The predicted octanol–water partition coefficient (Wildman–Crippen LogP) is 1.42. The Balaban J connectivity index is 1.78. The molecule has 2 aromatic rings. The quantitative estimate of drug-likeness (QED) is 0.788. The third-order valence-electron chi connectivity index (χ3n) is 2.99. The summed E-state index contributed by atoms with van der Waals surface area (Å²) in [5.41, 5.74) is 2.46. The molecule has 3 heterocycles. The number of nitrogens with one attached hydrogen (secondary N) is 2. The van der Waals surface area contributed by atoms with Gasteiger partial charge in [-0.05, 0) is 24.2 Å². The van der Waals surface area contributed by atoms with Gasteiger partial charge in [-0.15, -0.1) is 0 Å². The molecule has 0 aliphatic carbocycles. The van der Waals surface area contributed by atoms with Crippen molar-refractivity contribution in [2.45, 2.75) is 19.5 Å². The third kappa shape index (κ3) is 2.27. The van der Waals surface area contributed by atoms with Crippen molar-refractivity contribution in [3.8, 4) is 0 Å². The van der Waals surface area contributed by atoms with E-state index in [2.05, 4.69) is 24.8 Å². The molecule has 17 heavy (non-hydrogen) atoms. The maximum Gasteiger partial charge on any atom is 0.196 e. The number of H-pyrrole nitrogens is 2. The molecule has 1 aliphatic rings. The molecule has 0 fully saturated rings. The van der Waals surface area contributed by atoms with Gasteiger partial charge in [0.25, 0.3) is 0 Å². The predicted molar refractivity (Wildman–Crippen MR) is 65.8 cm³/mol. The van der Waals surface area contributed by atoms with Crippen LogP contribution in [0.2, 0.25) is 0 Å². The Labute approximate surface area is 104 Å². The summed E-state index contributed by atoms with van der Waals surface area (Å²) < 4.78 is 0.559. The van der Waals surface area contributed by atoms with Crippen LogP contribution in [0.1, 0.15) is 17.1 Å². The van der Waals surface area contributed by atoms with Gasteiger partial charge >= 0.3 is 0 Å². The Morgan fingerprint density at radius 1 is 1.41 bits per heavy atom. The van der Waals surface area contributed by atoms with Gasteiger partial charge in [0.05, 0.1) is 6.54 Å². The minimum atomic E-state index is 0.559. The van der Waals surface area contributed by atoms with Crippen molar-refractivity contribution in [2.24, 2.45) is 0 Å². The number of aromatic nitrogens is 4. The summed E-state index contributed by atoms with van der Waals surface area (Å²) in [6.07, 6.45) is 6.53. The van der Waals surface area contributed by atoms with Gasteiger partial charge in [0.15, 0.2) is 4.77 Å². The Morgan fingerprint density at radius 2 is 2.35 bits per heavy atom. The first-order valence-corrected chi connectivity index (χ1v) is 6.00. The van der Waals surface area contributed by atoms with E-state index in [4.69, 9.17) is 12.2 Å². The van der Waals surface area contributed by atoms with Gasteiger partial charge in [-0.1, -0.05) is 0 Å². The van der Waals surface area contributed by atoms with Crippen LogP contribution < -0.4 is 0 Å². The van der Waals surface area contributed by atoms with Gasteiger partial charge < -0.3 is 9.97 Å². The number of hydrogen-bond acceptors (Lipinski definition) is 4. The summed E-state index contributed by atoms with van der Waals surface area (Å²) in [6, 6.07) is 0. The molecule has 0 saturated carbocycles. The van der Waals surface area contributed by atoms with Gasteiger partial charge in [-0.2, -0.15) is 0 Å². The fourth-order valence-electron chi connectivity index (χ4n) is 2.13. The van der Waals surface area contributed by atoms with Crippen LogP contribution in [0.5, 0.6) is 0 Å². The molecule has 2 aromatic heterocycles. The summed E-state index contributed by atoms with van der Waals surface area (Å²) in [6.45, 7) is 2.75. The van der Waals surface area contributed by atoms with Crippen LogP contribution in [-0.4, -0.2) is 31.4 Å². The zero-order valence-electron chi connectivity index (χ0n) is 9.31. The lowest BCUT2D eigenvalue weighted by atomic mass is 10.1. The van der Waals surface area contributed by atoms with Gasteiger partial charge in [-0.25, -0.2) is 9.97 Å². The number of rotatable bonds is 2. The van der Waals surface area contributed by atoms with Crippen LogP contribution in [-0.2, 0) is 19.5 Å². The van der Waals surface area contributed by atoms with Gasteiger partial charge in [0, 0.05) is 37.4 Å². The van der Waals surface area contributed by atoms with E-state index >= 15 is 0 Å². The molecule has 2 N–H and O–H groups in total. The molecular weight excluding hydrogens is 234 g/mol. The Hall–Kier alpha value is -1.53. The summed E-state index contributed by atoms with van der Waals surface area (Å²) >= 11 is 5.05. The maximum absolute atomic E-state index is 5.05. The maximum atomic E-state index is 5.05. The number of imidazole rings is 1. The average Bonchev–Trinajstić information content (AvgIpc) is 2.81. The van der Waals surface area contributed by atoms with E-state index < -0.39 is 0 Å². The molecule has 3 rings (SSSR count). The van der Waals surface area contributed by atoms with E-state index in [1.165, 1.54) is 11.3 Å². The van der Waals surface area contributed by atoms with E-state index in [1.54, 1.807) is 6.20 Å². The van der Waals surface area contributed by atoms with Crippen LogP contribution >= 0.6 is 12.2 Å². The Kier molecular flexibility index (Phi) is 2.74. The third-order valence-corrected chi connectivity index (χ3v) is 3.20. The van der Waals surface area contributed by atoms with Crippen molar-refractivity contribution in [3.05, 3.63) is 40.4 Å². The summed E-state index contributed by atoms with van der Waals surface area (Å²) in [7, 11) is 0. The van der Waals surface area contributed by atoms with Crippen LogP contribution in [0.4, 0.5) is 0 Å². The molecule has 88 valence electrons. The van der Waals surface area contributed by atoms with Crippen LogP contribution in [0.15, 0.2) is 18.6 Å². The van der Waals surface area contributed by atoms with Crippen molar-refractivity contribution >= 4 is 12.2 Å². The zero-order chi connectivity index (χ0) is 11.7. The van der Waals surface area contributed by atoms with Crippen molar-refractivity contribution in [2.75, 3.05) is 6.54 Å². The van der Waals surface area contributed by atoms with Crippen molar-refractivity contribution < 1.29 is 0 Å². The van der Waals surface area contributed by atoms with Crippen molar-refractivity contribution in [1.82, 2.24) is 24.8 Å². The largest absolute Gasteiger partial charge is 0.348 e. The Morgan fingerprint density at radius 3 is 3.18 bits per heavy atom. The normalized spacial score (nSPS) is 15.8. The van der Waals surface area contributed by atoms with E-state index in [9.17, 15) is 0 Å². The number of fused-ring (bicyclic) bond motifs is 1. The van der Waals surface area contributed by atoms with Crippen LogP contribution in [0, 0.1) is 4.77 Å². The fourth-order valence-corrected chi connectivity index (χ4v) is 2.30. The fraction of sp³-hybridized carbons (Fsp3) is 0.364. The van der Waals surface area contributed by atoms with E-state index in [1.807, 2.05) is 12.4 Å². The standard InChI is InChI=1S/C11H13N5S/c17-11-14-5-8-1-4-16(6-9(8)15-11)7-10-12-2-3-13-10/h2-3,5H,1,4,6-7H2,(H,12,13)(H,14,15,17). The molecule has 0 bridgehead atoms. The highest BCUT2D eigenvalue weighted by Crippen LogP contribution is 2.16. The minimum Gasteiger partial charge on any atom is -0.348 e. The number of hydrogen-bond donors (Lipinski definition) is 2. The molecule has 5 nitrogen and oxygen atoms in total. The van der Waals surface area contributed by atoms with E-state index in [0.717, 1.165) is 31.9 Å². The van der Waals surface area contributed by atoms with Crippen molar-refractivity contribution in [3.63, 3.8) is 0 Å². The zero-order valence-corrected chi connectivity index (χ0v) is 10.1. The first kappa shape index (κ1) is 10.6. The second-order valence-corrected chi connectivity index (χ2v) is 4.58. The highest BCUT2D eigenvalue weighted by Gasteiger charge is 2.17. The molecule has 1 aliphatic heterocycles. The lowest BCUT2D eigenvalue weighted by Gasteiger charge is -2.27. The van der Waals surface area contributed by atoms with E-state index in [-0.39, 0.29) is 0 Å². The molecular formula is C11H13N5S. The van der Waals surface area contributed by atoms with Crippen molar-refractivity contribution in [1.29, 1.82) is 0 Å². The smallest absolute Gasteiger partial charge is 0.196 e. The molecule has 6 heteroatoms. The lowest BCUT2D eigenvalue weighted by molar-refractivity contribution is 0.235. The lowest BCUT2D eigenvalue weighted by Crippen LogP contribution is -2.31. The molecule has 0 spiro atoms. The molecule has 0 atom stereocenters. The average molecular weight is 247 g/mol. The first-order chi connectivity index (χ1) is 8.31. The molecule has 0 radical (unpaired) electrons. The summed E-state index contributed by atoms with van der Waals surface area (Å²) in [5, 5.41) is 0. The van der Waals surface area contributed by atoms with Gasteiger partial charge in [0.2, 0.25) is 0 Å². The summed E-state index contributed by atoms with van der Waals surface area (Å²) in [5.74, 6) is 1.00. The second kappa shape index (κ2) is 4.38. The summed E-state index contributed by atoms with van der Waals surface area (Å²) in [4.78, 5) is 17.0. The minimum absolute atomic E-state index is 0.559. The first-order valence-electron chi connectivity index (χ1n) is 5.59. The second-order valence-electron chi connectivity index (χ2n) is 4.19. The molecule has 0 unspecified atom stereocenters. The molecule has 0 saturated heterocycles. The van der Waals surface area contributed by atoms with Crippen LogP contribution in [0.25, 0.3) is 0 Å². The van der Waals surface area contributed by atoms with Crippen LogP contribution in [0.3, 0.4) is 0 Å². The highest BCUT2D eigenvalue weighted by molar-refractivity contribution is 7.71. The number of aromatic amines is 2. The topological polar surface area (TPSA) is 60.6 Å². The highest BCUT2D eigenvalue weighted by atomic mass is 32.1. The van der Waals surface area contributed by atoms with E-state index in [0.29, 0.717) is 4.77 Å². The Bertz CT molecular complexity index is 559. The van der Waals surface area contributed by atoms with Gasteiger partial charge in [-0.3, -0.25) is 4.90 Å². The molecule has 0 amide bonds.